The van der Waals surface area contributed by atoms with Gasteiger partial charge in [0.15, 0.2) is 11.2 Å². The monoisotopic (exact) mass is 303 g/mol. The highest BCUT2D eigenvalue weighted by atomic mass is 16.5. The lowest BCUT2D eigenvalue weighted by Gasteiger charge is -2.06. The summed E-state index contributed by atoms with van der Waals surface area (Å²) in [5, 5.41) is 3.21. The molecule has 5 heteroatoms. The maximum absolute atomic E-state index is 12.0. The van der Waals surface area contributed by atoms with Crippen molar-refractivity contribution in [3.63, 3.8) is 0 Å². The first-order valence-corrected chi connectivity index (χ1v) is 7.61. The smallest absolute Gasteiger partial charge is 0.287 e. The van der Waals surface area contributed by atoms with Crippen molar-refractivity contribution < 1.29 is 13.9 Å². The van der Waals surface area contributed by atoms with E-state index in [2.05, 4.69) is 12.2 Å². The second-order valence-electron chi connectivity index (χ2n) is 5.05. The Balaban J connectivity index is 1.86. The predicted octanol–water partition coefficient (Wildman–Crippen LogP) is 2.73. The van der Waals surface area contributed by atoms with Gasteiger partial charge >= 0.3 is 0 Å². The Morgan fingerprint density at radius 3 is 2.82 bits per heavy atom. The fourth-order valence-corrected chi connectivity index (χ4v) is 2.03. The Morgan fingerprint density at radius 2 is 2.00 bits per heavy atom. The zero-order valence-corrected chi connectivity index (χ0v) is 12.8. The number of amides is 1. The Hall–Kier alpha value is -2.14. The molecule has 0 radical (unpaired) electrons. The molecule has 0 atom stereocenters. The molecule has 1 aromatic heterocycles. The molecule has 0 aliphatic heterocycles. The third kappa shape index (κ3) is 4.43. The Kier molecular flexibility index (Phi) is 6.15. The minimum absolute atomic E-state index is 0.0376. The van der Waals surface area contributed by atoms with Crippen molar-refractivity contribution in [1.29, 1.82) is 0 Å². The van der Waals surface area contributed by atoms with Gasteiger partial charge < -0.3 is 14.5 Å². The number of carbonyl (C=O) groups excluding carboxylic acids is 1. The summed E-state index contributed by atoms with van der Waals surface area (Å²) in [4.78, 5) is 23.9. The summed E-state index contributed by atoms with van der Waals surface area (Å²) in [6, 6.07) is 8.11. The summed E-state index contributed by atoms with van der Waals surface area (Å²) in [6.45, 7) is 3.97. The lowest BCUT2D eigenvalue weighted by molar-refractivity contribution is 0.0914. The quantitative estimate of drug-likeness (QED) is 0.761. The fourth-order valence-electron chi connectivity index (χ4n) is 2.03. The van der Waals surface area contributed by atoms with E-state index in [1.54, 1.807) is 24.3 Å². The molecule has 1 amide bonds. The van der Waals surface area contributed by atoms with Gasteiger partial charge in [-0.25, -0.2) is 0 Å². The van der Waals surface area contributed by atoms with Gasteiger partial charge in [-0.2, -0.15) is 0 Å². The molecule has 1 N–H and O–H groups in total. The average Bonchev–Trinajstić information content (AvgIpc) is 2.54. The highest BCUT2D eigenvalue weighted by molar-refractivity contribution is 5.93. The maximum Gasteiger partial charge on any atom is 0.287 e. The van der Waals surface area contributed by atoms with Crippen molar-refractivity contribution in [1.82, 2.24) is 5.32 Å². The van der Waals surface area contributed by atoms with Crippen LogP contribution in [0.15, 0.2) is 39.5 Å². The third-order valence-corrected chi connectivity index (χ3v) is 3.25. The van der Waals surface area contributed by atoms with Gasteiger partial charge in [-0.15, -0.1) is 0 Å². The second-order valence-corrected chi connectivity index (χ2v) is 5.05. The molecular formula is C17H21NO4. The molecule has 0 spiro atoms. The number of fused-ring (bicyclic) bond motifs is 1. The number of para-hydroxylation sites is 1. The summed E-state index contributed by atoms with van der Waals surface area (Å²) < 4.78 is 10.9. The SMILES string of the molecule is CCCCOCCCNC(=O)c1cc(=O)c2ccccc2o1. The van der Waals surface area contributed by atoms with Gasteiger partial charge in [-0.3, -0.25) is 9.59 Å². The summed E-state index contributed by atoms with van der Waals surface area (Å²) in [5.41, 5.74) is 0.206. The molecule has 0 bridgehead atoms. The van der Waals surface area contributed by atoms with Crippen molar-refractivity contribution in [3.05, 3.63) is 46.3 Å². The molecule has 1 aromatic carbocycles. The number of rotatable bonds is 8. The van der Waals surface area contributed by atoms with Gasteiger partial charge in [0.05, 0.1) is 5.39 Å². The number of hydrogen-bond acceptors (Lipinski definition) is 4. The third-order valence-electron chi connectivity index (χ3n) is 3.25. The second kappa shape index (κ2) is 8.34. The van der Waals surface area contributed by atoms with Crippen LogP contribution in [0.3, 0.4) is 0 Å². The van der Waals surface area contributed by atoms with Crippen LogP contribution in [-0.2, 0) is 4.74 Å². The molecule has 1 heterocycles. The van der Waals surface area contributed by atoms with E-state index in [9.17, 15) is 9.59 Å². The van der Waals surface area contributed by atoms with Crippen molar-refractivity contribution in [2.45, 2.75) is 26.2 Å². The summed E-state index contributed by atoms with van der Waals surface area (Å²) >= 11 is 0. The molecule has 0 aliphatic rings. The molecule has 118 valence electrons. The van der Waals surface area contributed by atoms with E-state index in [1.165, 1.54) is 6.07 Å². The van der Waals surface area contributed by atoms with Crippen LogP contribution in [0, 0.1) is 0 Å². The van der Waals surface area contributed by atoms with E-state index in [-0.39, 0.29) is 17.1 Å². The minimum Gasteiger partial charge on any atom is -0.451 e. The lowest BCUT2D eigenvalue weighted by Crippen LogP contribution is -2.26. The van der Waals surface area contributed by atoms with Gasteiger partial charge in [0.2, 0.25) is 0 Å². The van der Waals surface area contributed by atoms with Crippen LogP contribution in [0.5, 0.6) is 0 Å². The van der Waals surface area contributed by atoms with E-state index in [4.69, 9.17) is 9.15 Å². The van der Waals surface area contributed by atoms with Crippen LogP contribution >= 0.6 is 0 Å². The van der Waals surface area contributed by atoms with Crippen molar-refractivity contribution >= 4 is 16.9 Å². The topological polar surface area (TPSA) is 68.5 Å². The number of ether oxygens (including phenoxy) is 1. The number of carbonyl (C=O) groups is 1. The molecule has 0 unspecified atom stereocenters. The lowest BCUT2D eigenvalue weighted by atomic mass is 10.2. The van der Waals surface area contributed by atoms with Crippen LogP contribution in [-0.4, -0.2) is 25.7 Å². The molecule has 0 saturated carbocycles. The number of benzene rings is 1. The van der Waals surface area contributed by atoms with Crippen molar-refractivity contribution in [3.8, 4) is 0 Å². The highest BCUT2D eigenvalue weighted by Gasteiger charge is 2.11. The van der Waals surface area contributed by atoms with Crippen LogP contribution in [0.1, 0.15) is 36.7 Å². The molecular weight excluding hydrogens is 282 g/mol. The van der Waals surface area contributed by atoms with E-state index in [1.807, 2.05) is 0 Å². The van der Waals surface area contributed by atoms with E-state index in [0.29, 0.717) is 24.1 Å². The number of hydrogen-bond donors (Lipinski definition) is 1. The first-order valence-electron chi connectivity index (χ1n) is 7.61. The van der Waals surface area contributed by atoms with Gasteiger partial charge in [-0.05, 0) is 25.0 Å². The van der Waals surface area contributed by atoms with Crippen molar-refractivity contribution in [2.24, 2.45) is 0 Å². The fraction of sp³-hybridized carbons (Fsp3) is 0.412. The van der Waals surface area contributed by atoms with Crippen molar-refractivity contribution in [2.75, 3.05) is 19.8 Å². The Labute approximate surface area is 129 Å². The first-order chi connectivity index (χ1) is 10.7. The summed E-state index contributed by atoms with van der Waals surface area (Å²) in [6.07, 6.45) is 2.89. The predicted molar refractivity (Wildman–Crippen MR) is 85.2 cm³/mol. The normalized spacial score (nSPS) is 10.8. The van der Waals surface area contributed by atoms with E-state index < -0.39 is 0 Å². The van der Waals surface area contributed by atoms with Gasteiger partial charge in [0.1, 0.15) is 5.58 Å². The van der Waals surface area contributed by atoms with E-state index in [0.717, 1.165) is 25.9 Å². The van der Waals surface area contributed by atoms with Crippen LogP contribution in [0.25, 0.3) is 11.0 Å². The molecule has 2 aromatic rings. The molecule has 0 aliphatic carbocycles. The molecule has 0 fully saturated rings. The van der Waals surface area contributed by atoms with Crippen LogP contribution < -0.4 is 10.7 Å². The zero-order valence-electron chi connectivity index (χ0n) is 12.8. The van der Waals surface area contributed by atoms with Crippen LogP contribution in [0.4, 0.5) is 0 Å². The standard InChI is InChI=1S/C17H21NO4/c1-2-3-10-21-11-6-9-18-17(20)16-12-14(19)13-7-4-5-8-15(13)22-16/h4-5,7-8,12H,2-3,6,9-11H2,1H3,(H,18,20). The van der Waals surface area contributed by atoms with Gasteiger partial charge in [0, 0.05) is 25.8 Å². The van der Waals surface area contributed by atoms with Crippen LogP contribution in [0.2, 0.25) is 0 Å². The molecule has 5 nitrogen and oxygen atoms in total. The Morgan fingerprint density at radius 1 is 1.23 bits per heavy atom. The number of unbranched alkanes of at least 4 members (excludes halogenated alkanes) is 1. The van der Waals surface area contributed by atoms with Gasteiger partial charge in [0.25, 0.3) is 5.91 Å². The molecule has 22 heavy (non-hydrogen) atoms. The first kappa shape index (κ1) is 16.2. The summed E-state index contributed by atoms with van der Waals surface area (Å²) in [7, 11) is 0. The summed E-state index contributed by atoms with van der Waals surface area (Å²) in [5.74, 6) is -0.341. The largest absolute Gasteiger partial charge is 0.451 e. The average molecular weight is 303 g/mol. The highest BCUT2D eigenvalue weighted by Crippen LogP contribution is 2.11. The molecule has 0 saturated heterocycles. The van der Waals surface area contributed by atoms with Gasteiger partial charge in [-0.1, -0.05) is 25.5 Å². The zero-order chi connectivity index (χ0) is 15.8. The molecule has 2 rings (SSSR count). The maximum atomic E-state index is 12.0. The Bertz CT molecular complexity index is 678. The van der Waals surface area contributed by atoms with E-state index >= 15 is 0 Å². The number of nitrogens with one attached hydrogen (secondary N) is 1. The minimum atomic E-state index is -0.378.